The fourth-order valence-electron chi connectivity index (χ4n) is 4.27. The molecule has 1 saturated carbocycles. The topological polar surface area (TPSA) is 92.9 Å². The molecule has 8 heteroatoms. The molecule has 30 heavy (non-hydrogen) atoms. The van der Waals surface area contributed by atoms with Crippen molar-refractivity contribution in [2.24, 2.45) is 10.9 Å². The molecule has 1 aromatic rings. The number of aliphatic hydroxyl groups excluding tert-OH is 1. The lowest BCUT2D eigenvalue weighted by atomic mass is 9.90. The lowest BCUT2D eigenvalue weighted by Crippen LogP contribution is -2.48. The van der Waals surface area contributed by atoms with Gasteiger partial charge in [-0.2, -0.15) is 5.26 Å². The molecule has 2 heterocycles. The molecule has 2 aliphatic heterocycles. The van der Waals surface area contributed by atoms with Gasteiger partial charge in [0.25, 0.3) is 0 Å². The second-order valence-electron chi connectivity index (χ2n) is 8.02. The van der Waals surface area contributed by atoms with Gasteiger partial charge >= 0.3 is 0 Å². The predicted octanol–water partition coefficient (Wildman–Crippen LogP) is 2.88. The van der Waals surface area contributed by atoms with E-state index in [1.165, 1.54) is 25.3 Å². The molecule has 160 valence electrons. The highest BCUT2D eigenvalue weighted by Crippen LogP contribution is 2.35. The second-order valence-corrected chi connectivity index (χ2v) is 8.02. The maximum atomic E-state index is 14.4. The van der Waals surface area contributed by atoms with E-state index in [2.05, 4.69) is 21.7 Å². The SMILES string of the molecule is N#C/C(=C1/Nc2c(F)cccc2N=C1N1CCNCC1)C(O)OCC1CCCCC1. The number of fused-ring (bicyclic) bond motifs is 1. The van der Waals surface area contributed by atoms with Crippen molar-refractivity contribution in [3.63, 3.8) is 0 Å². The fourth-order valence-corrected chi connectivity index (χ4v) is 4.27. The van der Waals surface area contributed by atoms with Crippen LogP contribution >= 0.6 is 0 Å². The van der Waals surface area contributed by atoms with Crippen molar-refractivity contribution in [3.05, 3.63) is 35.3 Å². The largest absolute Gasteiger partial charge is 0.364 e. The van der Waals surface area contributed by atoms with Crippen LogP contribution in [0.1, 0.15) is 32.1 Å². The monoisotopic (exact) mass is 413 g/mol. The zero-order valence-corrected chi connectivity index (χ0v) is 17.0. The molecule has 3 aliphatic rings. The summed E-state index contributed by atoms with van der Waals surface area (Å²) in [7, 11) is 0. The number of benzene rings is 1. The van der Waals surface area contributed by atoms with E-state index in [0.29, 0.717) is 42.8 Å². The number of para-hydroxylation sites is 1. The third kappa shape index (κ3) is 4.48. The van der Waals surface area contributed by atoms with Crippen molar-refractivity contribution in [2.75, 3.05) is 38.1 Å². The first-order chi connectivity index (χ1) is 14.7. The van der Waals surface area contributed by atoms with E-state index in [0.717, 1.165) is 25.9 Å². The summed E-state index contributed by atoms with van der Waals surface area (Å²) in [6.45, 7) is 3.37. The molecule has 4 rings (SSSR count). The zero-order valence-electron chi connectivity index (χ0n) is 17.0. The minimum absolute atomic E-state index is 0.0250. The standard InChI is InChI=1S/C22H28FN5O2/c23-17-7-4-8-18-20(17)27-19(21(26-18)28-11-9-25-10-12-28)16(13-24)22(29)30-14-15-5-2-1-3-6-15/h4,7-8,15,22,25,27,29H,1-3,5-6,9-12,14H2/b19-16-. The van der Waals surface area contributed by atoms with Gasteiger partial charge in [-0.25, -0.2) is 9.38 Å². The Kier molecular flexibility index (Phi) is 6.62. The van der Waals surface area contributed by atoms with Crippen molar-refractivity contribution in [1.29, 1.82) is 5.26 Å². The van der Waals surface area contributed by atoms with Gasteiger partial charge in [-0.1, -0.05) is 25.3 Å². The minimum Gasteiger partial charge on any atom is -0.364 e. The van der Waals surface area contributed by atoms with Crippen LogP contribution < -0.4 is 10.6 Å². The first kappa shape index (κ1) is 20.8. The zero-order chi connectivity index (χ0) is 20.9. The molecular formula is C22H28FN5O2. The number of nitrogens with zero attached hydrogens (tertiary/aromatic N) is 3. The van der Waals surface area contributed by atoms with E-state index >= 15 is 0 Å². The number of aliphatic hydroxyl groups is 1. The van der Waals surface area contributed by atoms with E-state index in [4.69, 9.17) is 4.74 Å². The molecule has 1 aromatic carbocycles. The number of hydrogen-bond donors (Lipinski definition) is 3. The number of ether oxygens (including phenoxy) is 1. The van der Waals surface area contributed by atoms with Crippen LogP contribution in [0.25, 0.3) is 0 Å². The van der Waals surface area contributed by atoms with Gasteiger partial charge in [-0.3, -0.25) is 0 Å². The quantitative estimate of drug-likeness (QED) is 0.519. The number of aliphatic imine (C=N–C) groups is 1. The number of amidine groups is 1. The number of anilines is 1. The first-order valence-corrected chi connectivity index (χ1v) is 10.7. The van der Waals surface area contributed by atoms with Crippen LogP contribution in [0.4, 0.5) is 15.8 Å². The van der Waals surface area contributed by atoms with Gasteiger partial charge in [0.05, 0.1) is 12.3 Å². The number of hydrogen-bond acceptors (Lipinski definition) is 7. The summed E-state index contributed by atoms with van der Waals surface area (Å²) in [5.74, 6) is 0.478. The van der Waals surface area contributed by atoms with Crippen LogP contribution in [-0.4, -0.2) is 54.9 Å². The average molecular weight is 413 g/mol. The molecule has 0 amide bonds. The van der Waals surface area contributed by atoms with Gasteiger partial charge in [-0.05, 0) is 30.9 Å². The van der Waals surface area contributed by atoms with E-state index in [1.807, 2.05) is 4.90 Å². The smallest absolute Gasteiger partial charge is 0.193 e. The van der Waals surface area contributed by atoms with Crippen LogP contribution in [0.5, 0.6) is 0 Å². The number of nitrogens with one attached hydrogen (secondary N) is 2. The molecule has 1 unspecified atom stereocenters. The van der Waals surface area contributed by atoms with E-state index in [1.54, 1.807) is 12.1 Å². The Morgan fingerprint density at radius 3 is 2.80 bits per heavy atom. The Morgan fingerprint density at radius 1 is 1.30 bits per heavy atom. The molecule has 3 N–H and O–H groups in total. The fraction of sp³-hybridized carbons (Fsp3) is 0.545. The second kappa shape index (κ2) is 9.56. The highest BCUT2D eigenvalue weighted by molar-refractivity contribution is 6.07. The van der Waals surface area contributed by atoms with E-state index in [9.17, 15) is 14.8 Å². The molecular weight excluding hydrogens is 385 g/mol. The summed E-state index contributed by atoms with van der Waals surface area (Å²) < 4.78 is 20.1. The molecule has 0 aromatic heterocycles. The van der Waals surface area contributed by atoms with Crippen LogP contribution in [0.15, 0.2) is 34.5 Å². The first-order valence-electron chi connectivity index (χ1n) is 10.7. The normalized spacial score (nSPS) is 22.4. The van der Waals surface area contributed by atoms with Gasteiger partial charge in [0.15, 0.2) is 12.1 Å². The van der Waals surface area contributed by atoms with Crippen molar-refractivity contribution in [1.82, 2.24) is 10.2 Å². The molecule has 0 spiro atoms. The predicted molar refractivity (Wildman–Crippen MR) is 113 cm³/mol. The van der Waals surface area contributed by atoms with Crippen LogP contribution in [0.2, 0.25) is 0 Å². The molecule has 7 nitrogen and oxygen atoms in total. The number of piperazine rings is 1. The molecule has 2 fully saturated rings. The van der Waals surface area contributed by atoms with Crippen LogP contribution in [-0.2, 0) is 4.74 Å². The third-order valence-corrected chi connectivity index (χ3v) is 5.96. The Bertz CT molecular complexity index is 867. The summed E-state index contributed by atoms with van der Waals surface area (Å²) in [5.41, 5.74) is 1.02. The average Bonchev–Trinajstić information content (AvgIpc) is 2.79. The minimum atomic E-state index is -1.39. The summed E-state index contributed by atoms with van der Waals surface area (Å²) in [4.78, 5) is 6.69. The van der Waals surface area contributed by atoms with Gasteiger partial charge in [-0.15, -0.1) is 0 Å². The lowest BCUT2D eigenvalue weighted by molar-refractivity contribution is -0.0846. The summed E-state index contributed by atoms with van der Waals surface area (Å²) in [6, 6.07) is 6.76. The Balaban J connectivity index is 1.64. The molecule has 0 bridgehead atoms. The summed E-state index contributed by atoms with van der Waals surface area (Å²) >= 11 is 0. The van der Waals surface area contributed by atoms with Crippen LogP contribution in [0.3, 0.4) is 0 Å². The van der Waals surface area contributed by atoms with Crippen molar-refractivity contribution < 1.29 is 14.2 Å². The highest BCUT2D eigenvalue weighted by Gasteiger charge is 2.30. The van der Waals surface area contributed by atoms with E-state index < -0.39 is 12.1 Å². The van der Waals surface area contributed by atoms with Gasteiger partial charge < -0.3 is 25.4 Å². The van der Waals surface area contributed by atoms with Gasteiger partial charge in [0.2, 0.25) is 0 Å². The lowest BCUT2D eigenvalue weighted by Gasteiger charge is -2.34. The maximum absolute atomic E-state index is 14.4. The summed E-state index contributed by atoms with van der Waals surface area (Å²) in [5, 5.41) is 26.9. The third-order valence-electron chi connectivity index (χ3n) is 5.96. The Hall–Kier alpha value is -2.47. The molecule has 0 radical (unpaired) electrons. The van der Waals surface area contributed by atoms with E-state index in [-0.39, 0.29) is 11.3 Å². The van der Waals surface area contributed by atoms with Crippen molar-refractivity contribution in [3.8, 4) is 6.07 Å². The number of nitriles is 1. The van der Waals surface area contributed by atoms with Gasteiger partial charge in [0, 0.05) is 26.2 Å². The Morgan fingerprint density at radius 2 is 2.07 bits per heavy atom. The molecule has 1 aliphatic carbocycles. The van der Waals surface area contributed by atoms with Gasteiger partial charge in [0.1, 0.15) is 28.8 Å². The molecule has 1 atom stereocenters. The highest BCUT2D eigenvalue weighted by atomic mass is 19.1. The van der Waals surface area contributed by atoms with Crippen molar-refractivity contribution >= 4 is 17.2 Å². The Labute approximate surface area is 176 Å². The van der Waals surface area contributed by atoms with Crippen LogP contribution in [0, 0.1) is 23.1 Å². The maximum Gasteiger partial charge on any atom is 0.193 e. The summed E-state index contributed by atoms with van der Waals surface area (Å²) in [6.07, 6.45) is 4.36. The molecule has 1 saturated heterocycles. The number of rotatable bonds is 4. The van der Waals surface area contributed by atoms with Crippen molar-refractivity contribution in [2.45, 2.75) is 38.4 Å². The number of halogens is 1.